The average molecular weight is 250 g/mol. The van der Waals surface area contributed by atoms with Crippen molar-refractivity contribution in [3.8, 4) is 0 Å². The van der Waals surface area contributed by atoms with Gasteiger partial charge in [0.2, 0.25) is 5.91 Å². The van der Waals surface area contributed by atoms with Crippen LogP contribution in [0.2, 0.25) is 0 Å². The Morgan fingerprint density at radius 1 is 1.50 bits per heavy atom. The van der Waals surface area contributed by atoms with Gasteiger partial charge in [-0.3, -0.25) is 4.79 Å². The fraction of sp³-hybridized carbons (Fsp3) is 0.800. The zero-order valence-corrected chi connectivity index (χ0v) is 11.9. The maximum Gasteiger partial charge on any atom is 0.222 e. The first kappa shape index (κ1) is 13.6. The second-order valence-corrected chi connectivity index (χ2v) is 6.21. The molecule has 1 N–H and O–H groups in total. The highest BCUT2D eigenvalue weighted by Gasteiger charge is 2.24. The Hall–Kier alpha value is -0.830. The summed E-state index contributed by atoms with van der Waals surface area (Å²) in [6, 6.07) is 0.495. The lowest BCUT2D eigenvalue weighted by Gasteiger charge is -2.32. The highest BCUT2D eigenvalue weighted by molar-refractivity contribution is 5.76. The van der Waals surface area contributed by atoms with Crippen LogP contribution in [0.15, 0.2) is 11.6 Å². The van der Waals surface area contributed by atoms with Crippen molar-refractivity contribution in [2.75, 3.05) is 20.1 Å². The Balaban J connectivity index is 1.75. The van der Waals surface area contributed by atoms with E-state index < -0.39 is 0 Å². The largest absolute Gasteiger partial charge is 0.344 e. The van der Waals surface area contributed by atoms with Crippen molar-refractivity contribution in [2.45, 2.75) is 45.6 Å². The zero-order chi connectivity index (χ0) is 13.1. The van der Waals surface area contributed by atoms with Crippen molar-refractivity contribution in [2.24, 2.45) is 11.8 Å². The fourth-order valence-corrected chi connectivity index (χ4v) is 3.35. The minimum atomic E-state index is 0.290. The summed E-state index contributed by atoms with van der Waals surface area (Å²) >= 11 is 0. The van der Waals surface area contributed by atoms with E-state index in [2.05, 4.69) is 25.2 Å². The number of nitrogens with zero attached hydrogens (tertiary/aromatic N) is 1. The molecule has 2 aliphatic rings. The van der Waals surface area contributed by atoms with E-state index >= 15 is 0 Å². The van der Waals surface area contributed by atoms with Crippen LogP contribution in [0.4, 0.5) is 0 Å². The van der Waals surface area contributed by atoms with E-state index in [1.807, 2.05) is 11.9 Å². The third-order valence-electron chi connectivity index (χ3n) is 4.21. The predicted molar refractivity (Wildman–Crippen MR) is 74.3 cm³/mol. The predicted octanol–water partition coefficient (Wildman–Crippen LogP) is 2.19. The van der Waals surface area contributed by atoms with Crippen LogP contribution in [-0.2, 0) is 4.79 Å². The van der Waals surface area contributed by atoms with Crippen LogP contribution < -0.4 is 5.32 Å². The van der Waals surface area contributed by atoms with Crippen LogP contribution in [0.25, 0.3) is 0 Å². The van der Waals surface area contributed by atoms with Gasteiger partial charge in [0.15, 0.2) is 0 Å². The molecular weight excluding hydrogens is 224 g/mol. The van der Waals surface area contributed by atoms with E-state index in [1.165, 1.54) is 18.4 Å². The van der Waals surface area contributed by atoms with Gasteiger partial charge in [-0.15, -0.1) is 0 Å². The van der Waals surface area contributed by atoms with Gasteiger partial charge in [0.1, 0.15) is 0 Å². The molecule has 1 amide bonds. The van der Waals surface area contributed by atoms with Crippen molar-refractivity contribution in [3.63, 3.8) is 0 Å². The first-order valence-electron chi connectivity index (χ1n) is 7.19. The fourth-order valence-electron chi connectivity index (χ4n) is 3.35. The van der Waals surface area contributed by atoms with Crippen molar-refractivity contribution in [1.29, 1.82) is 0 Å². The third kappa shape index (κ3) is 3.58. The lowest BCUT2D eigenvalue weighted by Crippen LogP contribution is -2.47. The molecule has 18 heavy (non-hydrogen) atoms. The van der Waals surface area contributed by atoms with Gasteiger partial charge in [-0.05, 0) is 44.6 Å². The number of carbonyl (C=O) groups excluding carboxylic acids is 1. The van der Waals surface area contributed by atoms with Gasteiger partial charge in [0.05, 0.1) is 0 Å². The second kappa shape index (κ2) is 5.87. The number of likely N-dealkylation sites (N-methyl/N-ethyl adjacent to an activating group) is 1. The topological polar surface area (TPSA) is 32.3 Å². The van der Waals surface area contributed by atoms with E-state index in [4.69, 9.17) is 0 Å². The number of hydrogen-bond donors (Lipinski definition) is 1. The number of rotatable bonds is 3. The van der Waals surface area contributed by atoms with E-state index in [1.54, 1.807) is 0 Å². The van der Waals surface area contributed by atoms with Crippen molar-refractivity contribution in [3.05, 3.63) is 11.6 Å². The van der Waals surface area contributed by atoms with E-state index in [9.17, 15) is 4.79 Å². The molecule has 0 radical (unpaired) electrons. The van der Waals surface area contributed by atoms with Crippen LogP contribution in [0, 0.1) is 11.8 Å². The van der Waals surface area contributed by atoms with Gasteiger partial charge in [0, 0.05) is 26.1 Å². The average Bonchev–Trinajstić information content (AvgIpc) is 2.29. The molecule has 3 nitrogen and oxygen atoms in total. The molecule has 3 unspecified atom stereocenters. The second-order valence-electron chi connectivity index (χ2n) is 6.21. The van der Waals surface area contributed by atoms with Crippen LogP contribution in [0.5, 0.6) is 0 Å². The molecule has 0 spiro atoms. The molecule has 0 aromatic rings. The maximum absolute atomic E-state index is 11.4. The van der Waals surface area contributed by atoms with Gasteiger partial charge in [0.25, 0.3) is 0 Å². The number of nitrogens with one attached hydrogen (secondary N) is 1. The zero-order valence-electron chi connectivity index (χ0n) is 11.9. The van der Waals surface area contributed by atoms with Gasteiger partial charge in [-0.1, -0.05) is 18.6 Å². The normalized spacial score (nSPS) is 33.5. The summed E-state index contributed by atoms with van der Waals surface area (Å²) in [6.45, 7) is 6.52. The SMILES string of the molecule is CC1=CC(C)CC(CNC2CCC(=O)N(C)C2)C1. The minimum Gasteiger partial charge on any atom is -0.344 e. The Labute approximate surface area is 111 Å². The summed E-state index contributed by atoms with van der Waals surface area (Å²) in [5.74, 6) is 1.78. The van der Waals surface area contributed by atoms with Crippen LogP contribution in [-0.4, -0.2) is 37.0 Å². The molecule has 0 aromatic heterocycles. The molecular formula is C15H26N2O. The quantitative estimate of drug-likeness (QED) is 0.779. The lowest BCUT2D eigenvalue weighted by atomic mass is 9.83. The van der Waals surface area contributed by atoms with Gasteiger partial charge < -0.3 is 10.2 Å². The molecule has 1 fully saturated rings. The Bertz CT molecular complexity index is 337. The van der Waals surface area contributed by atoms with Crippen LogP contribution >= 0.6 is 0 Å². The number of piperidine rings is 1. The third-order valence-corrected chi connectivity index (χ3v) is 4.21. The van der Waals surface area contributed by atoms with Gasteiger partial charge in [-0.25, -0.2) is 0 Å². The number of hydrogen-bond acceptors (Lipinski definition) is 2. The highest BCUT2D eigenvalue weighted by Crippen LogP contribution is 2.27. The summed E-state index contributed by atoms with van der Waals surface area (Å²) in [5.41, 5.74) is 1.54. The molecule has 1 aliphatic carbocycles. The molecule has 0 aromatic carbocycles. The number of amides is 1. The maximum atomic E-state index is 11.4. The summed E-state index contributed by atoms with van der Waals surface area (Å²) in [5, 5.41) is 3.66. The first-order valence-corrected chi connectivity index (χ1v) is 7.19. The molecule has 0 bridgehead atoms. The smallest absolute Gasteiger partial charge is 0.222 e. The van der Waals surface area contributed by atoms with Crippen molar-refractivity contribution < 1.29 is 4.79 Å². The monoisotopic (exact) mass is 250 g/mol. The van der Waals surface area contributed by atoms with Crippen LogP contribution in [0.3, 0.4) is 0 Å². The molecule has 102 valence electrons. The van der Waals surface area contributed by atoms with E-state index in [0.717, 1.165) is 31.3 Å². The standard InChI is InChI=1S/C15H26N2O/c1-11-6-12(2)8-13(7-11)9-16-14-4-5-15(18)17(3)10-14/h6,11,13-14,16H,4-5,7-10H2,1-3H3. The van der Waals surface area contributed by atoms with Crippen molar-refractivity contribution >= 4 is 5.91 Å². The van der Waals surface area contributed by atoms with E-state index in [0.29, 0.717) is 12.5 Å². The molecule has 2 rings (SSSR count). The van der Waals surface area contributed by atoms with Gasteiger partial charge >= 0.3 is 0 Å². The lowest BCUT2D eigenvalue weighted by molar-refractivity contribution is -0.132. The van der Waals surface area contributed by atoms with Crippen molar-refractivity contribution in [1.82, 2.24) is 10.2 Å². The first-order chi connectivity index (χ1) is 8.54. The summed E-state index contributed by atoms with van der Waals surface area (Å²) in [4.78, 5) is 13.3. The minimum absolute atomic E-state index is 0.290. The summed E-state index contributed by atoms with van der Waals surface area (Å²) in [6.07, 6.45) is 6.64. The molecule has 3 heteroatoms. The Kier molecular flexibility index (Phi) is 4.44. The van der Waals surface area contributed by atoms with Crippen LogP contribution in [0.1, 0.15) is 39.5 Å². The number of carbonyl (C=O) groups is 1. The molecule has 1 aliphatic heterocycles. The van der Waals surface area contributed by atoms with Gasteiger partial charge in [-0.2, -0.15) is 0 Å². The molecule has 1 saturated heterocycles. The highest BCUT2D eigenvalue weighted by atomic mass is 16.2. The summed E-state index contributed by atoms with van der Waals surface area (Å²) in [7, 11) is 1.91. The molecule has 0 saturated carbocycles. The number of allylic oxidation sites excluding steroid dienone is 2. The van der Waals surface area contributed by atoms with E-state index in [-0.39, 0.29) is 5.91 Å². The summed E-state index contributed by atoms with van der Waals surface area (Å²) < 4.78 is 0. The number of likely N-dealkylation sites (tertiary alicyclic amines) is 1. The Morgan fingerprint density at radius 3 is 2.94 bits per heavy atom. The molecule has 3 atom stereocenters. The molecule has 1 heterocycles. The Morgan fingerprint density at radius 2 is 2.28 bits per heavy atom.